The summed E-state index contributed by atoms with van der Waals surface area (Å²) < 4.78 is 0. The molecule has 1 N–H and O–H groups in total. The summed E-state index contributed by atoms with van der Waals surface area (Å²) in [6.45, 7) is -0.0328. The van der Waals surface area contributed by atoms with E-state index >= 15 is 0 Å². The van der Waals surface area contributed by atoms with E-state index in [1.54, 1.807) is 36.4 Å². The van der Waals surface area contributed by atoms with Gasteiger partial charge in [0, 0.05) is 17.2 Å². The first-order valence-electron chi connectivity index (χ1n) is 5.23. The third-order valence-corrected chi connectivity index (χ3v) is 2.30. The van der Waals surface area contributed by atoms with E-state index in [1.807, 2.05) is 18.2 Å². The van der Waals surface area contributed by atoms with Crippen molar-refractivity contribution in [2.45, 2.75) is 6.61 Å². The van der Waals surface area contributed by atoms with Crippen molar-refractivity contribution in [2.75, 3.05) is 0 Å². The first kappa shape index (κ1) is 11.3. The lowest BCUT2D eigenvalue weighted by Crippen LogP contribution is -1.91. The SMILES string of the molecule is [O-][N+](=Nc1ccccc1)c1ccc(CO)cc1. The van der Waals surface area contributed by atoms with Gasteiger partial charge in [0.2, 0.25) is 5.69 Å². The summed E-state index contributed by atoms with van der Waals surface area (Å²) in [5.41, 5.74) is 1.81. The Balaban J connectivity index is 2.24. The van der Waals surface area contributed by atoms with Crippen molar-refractivity contribution in [3.8, 4) is 0 Å². The molecule has 0 atom stereocenters. The van der Waals surface area contributed by atoms with E-state index in [0.717, 1.165) is 5.56 Å². The molecule has 0 heterocycles. The van der Waals surface area contributed by atoms with E-state index in [4.69, 9.17) is 5.11 Å². The van der Waals surface area contributed by atoms with Crippen LogP contribution in [0, 0.1) is 5.21 Å². The maximum absolute atomic E-state index is 11.7. The van der Waals surface area contributed by atoms with Crippen LogP contribution in [0.5, 0.6) is 0 Å². The van der Waals surface area contributed by atoms with Crippen molar-refractivity contribution in [1.82, 2.24) is 0 Å². The molecule has 0 unspecified atom stereocenters. The maximum Gasteiger partial charge on any atom is 0.244 e. The molecule has 0 aliphatic heterocycles. The molecule has 0 radical (unpaired) electrons. The van der Waals surface area contributed by atoms with Gasteiger partial charge in [-0.25, -0.2) is 0 Å². The van der Waals surface area contributed by atoms with Gasteiger partial charge in [-0.05, 0) is 29.8 Å². The lowest BCUT2D eigenvalue weighted by molar-refractivity contribution is -0.435. The van der Waals surface area contributed by atoms with Crippen LogP contribution in [0.4, 0.5) is 11.4 Å². The number of nitrogens with zero attached hydrogens (tertiary/aromatic N) is 2. The van der Waals surface area contributed by atoms with Gasteiger partial charge in [0.25, 0.3) is 0 Å². The number of benzene rings is 2. The lowest BCUT2D eigenvalue weighted by Gasteiger charge is -2.00. The van der Waals surface area contributed by atoms with E-state index in [-0.39, 0.29) is 6.61 Å². The van der Waals surface area contributed by atoms with E-state index in [0.29, 0.717) is 16.2 Å². The van der Waals surface area contributed by atoms with Gasteiger partial charge in [0.15, 0.2) is 0 Å². The standard InChI is InChI=1S/C13H12N2O2/c16-10-11-6-8-13(9-7-11)15(17)14-12-4-2-1-3-5-12/h1-9,16H,10H2. The van der Waals surface area contributed by atoms with E-state index in [9.17, 15) is 5.21 Å². The van der Waals surface area contributed by atoms with Crippen molar-refractivity contribution in [2.24, 2.45) is 5.11 Å². The second kappa shape index (κ2) is 5.23. The Morgan fingerprint density at radius 1 is 1.00 bits per heavy atom. The van der Waals surface area contributed by atoms with Crippen LogP contribution in [0.25, 0.3) is 0 Å². The topological polar surface area (TPSA) is 58.7 Å². The minimum absolute atomic E-state index is 0.0328. The molecule has 0 aliphatic carbocycles. The number of aliphatic hydroxyl groups excluding tert-OH is 1. The minimum atomic E-state index is -0.0328. The molecular formula is C13H12N2O2. The fourth-order valence-electron chi connectivity index (χ4n) is 1.39. The number of rotatable bonds is 3. The number of hydrogen-bond acceptors (Lipinski definition) is 3. The first-order valence-corrected chi connectivity index (χ1v) is 5.23. The molecule has 0 aliphatic rings. The molecule has 2 aromatic rings. The van der Waals surface area contributed by atoms with E-state index < -0.39 is 0 Å². The Kier molecular flexibility index (Phi) is 3.47. The number of azo groups is 1. The predicted octanol–water partition coefficient (Wildman–Crippen LogP) is 3.10. The third-order valence-electron chi connectivity index (χ3n) is 2.30. The Hall–Kier alpha value is -2.20. The molecule has 17 heavy (non-hydrogen) atoms. The second-order valence-electron chi connectivity index (χ2n) is 3.53. The number of aliphatic hydroxyl groups is 1. The Morgan fingerprint density at radius 2 is 1.65 bits per heavy atom. The molecule has 0 amide bonds. The quantitative estimate of drug-likeness (QED) is 0.498. The minimum Gasteiger partial charge on any atom is -0.594 e. The normalized spacial score (nSPS) is 11.5. The largest absolute Gasteiger partial charge is 0.594 e. The summed E-state index contributed by atoms with van der Waals surface area (Å²) in [5, 5.41) is 24.5. The van der Waals surface area contributed by atoms with Gasteiger partial charge < -0.3 is 10.3 Å². The summed E-state index contributed by atoms with van der Waals surface area (Å²) in [4.78, 5) is 0.566. The molecule has 0 saturated carbocycles. The van der Waals surface area contributed by atoms with Crippen LogP contribution in [-0.2, 0) is 6.61 Å². The first-order chi connectivity index (χ1) is 8.29. The van der Waals surface area contributed by atoms with E-state index in [2.05, 4.69) is 5.11 Å². The summed E-state index contributed by atoms with van der Waals surface area (Å²) >= 11 is 0. The zero-order valence-electron chi connectivity index (χ0n) is 9.15. The average Bonchev–Trinajstić information content (AvgIpc) is 2.40. The zero-order valence-corrected chi connectivity index (χ0v) is 9.15. The van der Waals surface area contributed by atoms with Gasteiger partial charge >= 0.3 is 0 Å². The van der Waals surface area contributed by atoms with Crippen LogP contribution >= 0.6 is 0 Å². The summed E-state index contributed by atoms with van der Waals surface area (Å²) in [6, 6.07) is 15.7. The monoisotopic (exact) mass is 228 g/mol. The third kappa shape index (κ3) is 2.89. The lowest BCUT2D eigenvalue weighted by atomic mass is 10.2. The summed E-state index contributed by atoms with van der Waals surface area (Å²) in [7, 11) is 0. The van der Waals surface area contributed by atoms with Crippen molar-refractivity contribution in [1.29, 1.82) is 0 Å². The molecular weight excluding hydrogens is 216 g/mol. The van der Waals surface area contributed by atoms with Gasteiger partial charge in [0.05, 0.1) is 6.61 Å². The zero-order chi connectivity index (χ0) is 12.1. The van der Waals surface area contributed by atoms with Gasteiger partial charge in [-0.2, -0.15) is 0 Å². The number of hydrogen-bond donors (Lipinski definition) is 1. The van der Waals surface area contributed by atoms with Crippen LogP contribution in [0.15, 0.2) is 59.7 Å². The smallest absolute Gasteiger partial charge is 0.244 e. The van der Waals surface area contributed by atoms with Gasteiger partial charge in [-0.3, -0.25) is 0 Å². The highest BCUT2D eigenvalue weighted by Gasteiger charge is 2.03. The predicted molar refractivity (Wildman–Crippen MR) is 64.2 cm³/mol. The second-order valence-corrected chi connectivity index (χ2v) is 3.53. The van der Waals surface area contributed by atoms with Crippen LogP contribution in [0.3, 0.4) is 0 Å². The highest BCUT2D eigenvalue weighted by molar-refractivity contribution is 5.36. The maximum atomic E-state index is 11.7. The van der Waals surface area contributed by atoms with Crippen molar-refractivity contribution >= 4 is 11.4 Å². The van der Waals surface area contributed by atoms with Crippen molar-refractivity contribution in [3.05, 3.63) is 65.4 Å². The highest BCUT2D eigenvalue weighted by Crippen LogP contribution is 2.17. The van der Waals surface area contributed by atoms with E-state index in [1.165, 1.54) is 0 Å². The molecule has 2 rings (SSSR count). The molecule has 0 fully saturated rings. The Bertz CT molecular complexity index is 507. The van der Waals surface area contributed by atoms with Gasteiger partial charge in [-0.15, -0.1) is 0 Å². The van der Waals surface area contributed by atoms with Crippen molar-refractivity contribution < 1.29 is 9.97 Å². The highest BCUT2D eigenvalue weighted by atomic mass is 16.5. The molecule has 0 aromatic heterocycles. The molecule has 0 bridgehead atoms. The molecule has 0 spiro atoms. The summed E-state index contributed by atoms with van der Waals surface area (Å²) in [6.07, 6.45) is 0. The Morgan fingerprint density at radius 3 is 2.24 bits per heavy atom. The summed E-state index contributed by atoms with van der Waals surface area (Å²) in [5.74, 6) is 0. The Labute approximate surface area is 99.1 Å². The van der Waals surface area contributed by atoms with Crippen LogP contribution < -0.4 is 0 Å². The van der Waals surface area contributed by atoms with Gasteiger partial charge in [-0.1, -0.05) is 23.1 Å². The van der Waals surface area contributed by atoms with Crippen LogP contribution in [0.2, 0.25) is 0 Å². The van der Waals surface area contributed by atoms with Gasteiger partial charge in [0.1, 0.15) is 5.69 Å². The van der Waals surface area contributed by atoms with Crippen LogP contribution in [0.1, 0.15) is 5.56 Å². The molecule has 2 aromatic carbocycles. The van der Waals surface area contributed by atoms with Crippen LogP contribution in [-0.4, -0.2) is 9.97 Å². The molecule has 4 nitrogen and oxygen atoms in total. The van der Waals surface area contributed by atoms with Crippen molar-refractivity contribution in [3.63, 3.8) is 0 Å². The molecule has 86 valence electrons. The molecule has 4 heteroatoms. The average molecular weight is 228 g/mol. The fourth-order valence-corrected chi connectivity index (χ4v) is 1.39. The molecule has 0 saturated heterocycles. The fraction of sp³-hybridized carbons (Fsp3) is 0.0769.